The summed E-state index contributed by atoms with van der Waals surface area (Å²) in [6, 6.07) is 5.51. The molecule has 3 nitrogen and oxygen atoms in total. The number of benzene rings is 1. The molecular formula is C9H13NO2. The first kappa shape index (κ1) is 9.03. The van der Waals surface area contributed by atoms with Gasteiger partial charge in [0.1, 0.15) is 12.0 Å². The van der Waals surface area contributed by atoms with Crippen molar-refractivity contribution in [2.75, 3.05) is 7.11 Å². The molecule has 0 radical (unpaired) electrons. The summed E-state index contributed by atoms with van der Waals surface area (Å²) in [6.45, 7) is 1.94. The minimum atomic E-state index is -0.972. The molecular weight excluding hydrogens is 154 g/mol. The molecule has 1 aromatic carbocycles. The van der Waals surface area contributed by atoms with Crippen molar-refractivity contribution in [3.63, 3.8) is 0 Å². The third-order valence-electron chi connectivity index (χ3n) is 1.70. The lowest BCUT2D eigenvalue weighted by molar-refractivity contribution is 0.181. The van der Waals surface area contributed by atoms with Crippen LogP contribution >= 0.6 is 0 Å². The van der Waals surface area contributed by atoms with Crippen molar-refractivity contribution in [1.29, 1.82) is 0 Å². The van der Waals surface area contributed by atoms with Crippen molar-refractivity contribution in [2.24, 2.45) is 5.73 Å². The molecule has 0 aromatic heterocycles. The van der Waals surface area contributed by atoms with Crippen LogP contribution in [0.2, 0.25) is 0 Å². The molecule has 0 saturated carbocycles. The Bertz CT molecular complexity index is 271. The summed E-state index contributed by atoms with van der Waals surface area (Å²) in [5, 5.41) is 9.16. The first-order chi connectivity index (χ1) is 5.65. The average Bonchev–Trinajstić information content (AvgIpc) is 2.04. The lowest BCUT2D eigenvalue weighted by atomic mass is 10.1. The molecule has 0 aliphatic rings. The smallest absolute Gasteiger partial charge is 0.132 e. The highest BCUT2D eigenvalue weighted by Crippen LogP contribution is 2.23. The number of aliphatic hydroxyl groups excluding tert-OH is 1. The van der Waals surface area contributed by atoms with Crippen LogP contribution in [0.1, 0.15) is 17.4 Å². The van der Waals surface area contributed by atoms with E-state index in [9.17, 15) is 0 Å². The van der Waals surface area contributed by atoms with Gasteiger partial charge in [0.15, 0.2) is 0 Å². The molecule has 1 unspecified atom stereocenters. The number of methoxy groups -OCH3 is 1. The Labute approximate surface area is 71.8 Å². The number of hydrogen-bond donors (Lipinski definition) is 2. The summed E-state index contributed by atoms with van der Waals surface area (Å²) in [7, 11) is 1.55. The largest absolute Gasteiger partial charge is 0.496 e. The summed E-state index contributed by atoms with van der Waals surface area (Å²) < 4.78 is 5.02. The number of aryl methyl sites for hydroxylation is 1. The zero-order valence-corrected chi connectivity index (χ0v) is 7.24. The Hall–Kier alpha value is -1.06. The molecule has 1 atom stereocenters. The number of nitrogens with two attached hydrogens (primary N) is 1. The highest BCUT2D eigenvalue weighted by atomic mass is 16.5. The summed E-state index contributed by atoms with van der Waals surface area (Å²) >= 11 is 0. The molecule has 0 amide bonds. The van der Waals surface area contributed by atoms with E-state index < -0.39 is 6.23 Å². The lowest BCUT2D eigenvalue weighted by Gasteiger charge is -2.11. The predicted octanol–water partition coefficient (Wildman–Crippen LogP) is 0.953. The Balaban J connectivity index is 3.12. The summed E-state index contributed by atoms with van der Waals surface area (Å²) in [5.74, 6) is 0.621. The maximum atomic E-state index is 9.16. The van der Waals surface area contributed by atoms with Crippen molar-refractivity contribution in [3.8, 4) is 5.75 Å². The maximum absolute atomic E-state index is 9.16. The monoisotopic (exact) mass is 167 g/mol. The normalized spacial score (nSPS) is 12.7. The Morgan fingerprint density at radius 1 is 1.50 bits per heavy atom. The van der Waals surface area contributed by atoms with Gasteiger partial charge in [0.05, 0.1) is 7.11 Å². The topological polar surface area (TPSA) is 55.5 Å². The van der Waals surface area contributed by atoms with E-state index in [4.69, 9.17) is 15.6 Å². The van der Waals surface area contributed by atoms with Crippen molar-refractivity contribution in [3.05, 3.63) is 29.3 Å². The van der Waals surface area contributed by atoms with Gasteiger partial charge in [0.2, 0.25) is 0 Å². The van der Waals surface area contributed by atoms with Crippen LogP contribution in [0.25, 0.3) is 0 Å². The second kappa shape index (κ2) is 3.56. The molecule has 0 spiro atoms. The van der Waals surface area contributed by atoms with Gasteiger partial charge >= 0.3 is 0 Å². The molecule has 0 bridgehead atoms. The van der Waals surface area contributed by atoms with Crippen LogP contribution in [0.3, 0.4) is 0 Å². The lowest BCUT2D eigenvalue weighted by Crippen LogP contribution is -2.10. The van der Waals surface area contributed by atoms with Crippen LogP contribution in [0.4, 0.5) is 0 Å². The second-order valence-corrected chi connectivity index (χ2v) is 2.69. The van der Waals surface area contributed by atoms with Crippen LogP contribution in [0.5, 0.6) is 5.75 Å². The van der Waals surface area contributed by atoms with Crippen molar-refractivity contribution in [2.45, 2.75) is 13.2 Å². The van der Waals surface area contributed by atoms with Gasteiger partial charge < -0.3 is 15.6 Å². The van der Waals surface area contributed by atoms with E-state index in [1.54, 1.807) is 13.2 Å². The zero-order valence-electron chi connectivity index (χ0n) is 7.24. The third kappa shape index (κ3) is 1.75. The Kier molecular flexibility index (Phi) is 2.68. The highest BCUT2D eigenvalue weighted by molar-refractivity contribution is 5.37. The summed E-state index contributed by atoms with van der Waals surface area (Å²) in [5.41, 5.74) is 7.01. The number of aliphatic hydroxyl groups is 1. The fourth-order valence-electron chi connectivity index (χ4n) is 1.08. The standard InChI is InChI=1S/C9H13NO2/c1-6-3-4-8(12-2)7(5-6)9(10)11/h3-5,9,11H,10H2,1-2H3. The van der Waals surface area contributed by atoms with E-state index in [0.29, 0.717) is 11.3 Å². The van der Waals surface area contributed by atoms with Gasteiger partial charge in [0, 0.05) is 5.56 Å². The minimum Gasteiger partial charge on any atom is -0.496 e. The molecule has 0 fully saturated rings. The average molecular weight is 167 g/mol. The van der Waals surface area contributed by atoms with Gasteiger partial charge in [-0.25, -0.2) is 0 Å². The minimum absolute atomic E-state index is 0.621. The Morgan fingerprint density at radius 2 is 2.17 bits per heavy atom. The zero-order chi connectivity index (χ0) is 9.14. The van der Waals surface area contributed by atoms with Crippen LogP contribution in [-0.2, 0) is 0 Å². The van der Waals surface area contributed by atoms with E-state index in [1.165, 1.54) is 0 Å². The summed E-state index contributed by atoms with van der Waals surface area (Å²) in [4.78, 5) is 0. The molecule has 0 saturated heterocycles. The quantitative estimate of drug-likeness (QED) is 0.645. The highest BCUT2D eigenvalue weighted by Gasteiger charge is 2.07. The van der Waals surface area contributed by atoms with Crippen LogP contribution in [-0.4, -0.2) is 12.2 Å². The van der Waals surface area contributed by atoms with Crippen LogP contribution < -0.4 is 10.5 Å². The SMILES string of the molecule is COc1ccc(C)cc1C(N)O. The molecule has 3 N–H and O–H groups in total. The van der Waals surface area contributed by atoms with Crippen molar-refractivity contribution >= 4 is 0 Å². The molecule has 1 aromatic rings. The third-order valence-corrected chi connectivity index (χ3v) is 1.70. The van der Waals surface area contributed by atoms with Gasteiger partial charge in [-0.05, 0) is 19.1 Å². The molecule has 0 aliphatic carbocycles. The van der Waals surface area contributed by atoms with E-state index in [0.717, 1.165) is 5.56 Å². The number of hydrogen-bond acceptors (Lipinski definition) is 3. The predicted molar refractivity (Wildman–Crippen MR) is 46.9 cm³/mol. The Morgan fingerprint density at radius 3 is 2.67 bits per heavy atom. The second-order valence-electron chi connectivity index (χ2n) is 2.69. The molecule has 1 rings (SSSR count). The molecule has 12 heavy (non-hydrogen) atoms. The van der Waals surface area contributed by atoms with Gasteiger partial charge in [-0.2, -0.15) is 0 Å². The van der Waals surface area contributed by atoms with Gasteiger partial charge in [-0.1, -0.05) is 11.6 Å². The van der Waals surface area contributed by atoms with E-state index in [-0.39, 0.29) is 0 Å². The van der Waals surface area contributed by atoms with Crippen LogP contribution in [0.15, 0.2) is 18.2 Å². The fraction of sp³-hybridized carbons (Fsp3) is 0.333. The summed E-state index contributed by atoms with van der Waals surface area (Å²) in [6.07, 6.45) is -0.972. The van der Waals surface area contributed by atoms with Gasteiger partial charge in [-0.15, -0.1) is 0 Å². The van der Waals surface area contributed by atoms with Gasteiger partial charge in [-0.3, -0.25) is 0 Å². The maximum Gasteiger partial charge on any atom is 0.132 e. The van der Waals surface area contributed by atoms with Gasteiger partial charge in [0.25, 0.3) is 0 Å². The van der Waals surface area contributed by atoms with Crippen molar-refractivity contribution in [1.82, 2.24) is 0 Å². The first-order valence-electron chi connectivity index (χ1n) is 3.73. The molecule has 66 valence electrons. The molecule has 3 heteroatoms. The fourth-order valence-corrected chi connectivity index (χ4v) is 1.08. The van der Waals surface area contributed by atoms with E-state index in [1.807, 2.05) is 19.1 Å². The molecule has 0 aliphatic heterocycles. The number of ether oxygens (including phenoxy) is 1. The van der Waals surface area contributed by atoms with E-state index >= 15 is 0 Å². The van der Waals surface area contributed by atoms with E-state index in [2.05, 4.69) is 0 Å². The first-order valence-corrected chi connectivity index (χ1v) is 3.73. The van der Waals surface area contributed by atoms with Crippen molar-refractivity contribution < 1.29 is 9.84 Å². The number of rotatable bonds is 2. The van der Waals surface area contributed by atoms with Crippen LogP contribution in [0, 0.1) is 6.92 Å². The molecule has 0 heterocycles.